The first-order chi connectivity index (χ1) is 11.7. The van der Waals surface area contributed by atoms with Gasteiger partial charge in [-0.25, -0.2) is 4.79 Å². The fourth-order valence-electron chi connectivity index (χ4n) is 2.95. The lowest BCUT2D eigenvalue weighted by Gasteiger charge is -2.40. The van der Waals surface area contributed by atoms with Crippen molar-refractivity contribution in [1.29, 1.82) is 0 Å². The first kappa shape index (κ1) is 20.2. The van der Waals surface area contributed by atoms with Gasteiger partial charge in [0.05, 0.1) is 6.61 Å². The molecule has 0 bridgehead atoms. The zero-order valence-electron chi connectivity index (χ0n) is 15.8. The second kappa shape index (κ2) is 8.52. The first-order valence-electron chi connectivity index (χ1n) is 8.68. The number of rotatable bonds is 4. The number of amides is 1. The molecular formula is C19H29BrN2O3. The summed E-state index contributed by atoms with van der Waals surface area (Å²) in [5.41, 5.74) is 1.96. The SMILES string of the molecule is COCc1cc(CN2CCN(C(=O)OC(C)(C)C)C[C@@H]2C)ccc1Br. The van der Waals surface area contributed by atoms with E-state index in [2.05, 4.69) is 46.0 Å². The molecule has 0 aromatic heterocycles. The summed E-state index contributed by atoms with van der Waals surface area (Å²) < 4.78 is 11.8. The number of nitrogens with zero attached hydrogens (tertiary/aromatic N) is 2. The number of piperazine rings is 1. The Kier molecular flexibility index (Phi) is 6.88. The minimum Gasteiger partial charge on any atom is -0.444 e. The van der Waals surface area contributed by atoms with Crippen molar-refractivity contribution in [2.24, 2.45) is 0 Å². The van der Waals surface area contributed by atoms with Crippen LogP contribution >= 0.6 is 15.9 Å². The number of benzene rings is 1. The Labute approximate surface area is 159 Å². The van der Waals surface area contributed by atoms with Crippen molar-refractivity contribution in [3.63, 3.8) is 0 Å². The number of ether oxygens (including phenoxy) is 2. The molecular weight excluding hydrogens is 384 g/mol. The zero-order chi connectivity index (χ0) is 18.6. The van der Waals surface area contributed by atoms with E-state index in [0.717, 1.165) is 23.1 Å². The van der Waals surface area contributed by atoms with Crippen LogP contribution in [0.3, 0.4) is 0 Å². The Balaban J connectivity index is 1.95. The summed E-state index contributed by atoms with van der Waals surface area (Å²) in [6.07, 6.45) is -0.218. The van der Waals surface area contributed by atoms with E-state index in [1.165, 1.54) is 5.56 Å². The second-order valence-electron chi connectivity index (χ2n) is 7.60. The largest absolute Gasteiger partial charge is 0.444 e. The molecule has 1 aromatic carbocycles. The van der Waals surface area contributed by atoms with Crippen LogP contribution in [0.15, 0.2) is 22.7 Å². The molecule has 1 heterocycles. The lowest BCUT2D eigenvalue weighted by molar-refractivity contribution is 0.00460. The quantitative estimate of drug-likeness (QED) is 0.748. The molecule has 0 unspecified atom stereocenters. The number of methoxy groups -OCH3 is 1. The van der Waals surface area contributed by atoms with Gasteiger partial charge in [0, 0.05) is 43.8 Å². The Morgan fingerprint density at radius 3 is 2.64 bits per heavy atom. The number of halogens is 1. The van der Waals surface area contributed by atoms with E-state index in [0.29, 0.717) is 19.7 Å². The van der Waals surface area contributed by atoms with Crippen LogP contribution in [-0.4, -0.2) is 54.3 Å². The third kappa shape index (κ3) is 5.97. The highest BCUT2D eigenvalue weighted by atomic mass is 79.9. The van der Waals surface area contributed by atoms with E-state index in [4.69, 9.17) is 9.47 Å². The smallest absolute Gasteiger partial charge is 0.410 e. The maximum atomic E-state index is 12.2. The predicted octanol–water partition coefficient (Wildman–Crippen LogP) is 4.04. The Morgan fingerprint density at radius 1 is 1.32 bits per heavy atom. The molecule has 0 saturated carbocycles. The van der Waals surface area contributed by atoms with Crippen molar-refractivity contribution in [2.45, 2.75) is 52.5 Å². The summed E-state index contributed by atoms with van der Waals surface area (Å²) in [5.74, 6) is 0. The van der Waals surface area contributed by atoms with Crippen molar-refractivity contribution < 1.29 is 14.3 Å². The highest BCUT2D eigenvalue weighted by Gasteiger charge is 2.29. The van der Waals surface area contributed by atoms with Crippen LogP contribution in [0.25, 0.3) is 0 Å². The lowest BCUT2D eigenvalue weighted by atomic mass is 10.1. The normalized spacial score (nSPS) is 19.1. The van der Waals surface area contributed by atoms with E-state index in [9.17, 15) is 4.79 Å². The molecule has 1 atom stereocenters. The van der Waals surface area contributed by atoms with Gasteiger partial charge in [-0.1, -0.05) is 28.1 Å². The van der Waals surface area contributed by atoms with Crippen LogP contribution in [0.1, 0.15) is 38.8 Å². The fourth-order valence-corrected chi connectivity index (χ4v) is 3.31. The molecule has 1 fully saturated rings. The fraction of sp³-hybridized carbons (Fsp3) is 0.632. The van der Waals surface area contributed by atoms with Crippen LogP contribution < -0.4 is 0 Å². The van der Waals surface area contributed by atoms with Crippen molar-refractivity contribution in [2.75, 3.05) is 26.7 Å². The molecule has 0 N–H and O–H groups in total. The van der Waals surface area contributed by atoms with E-state index in [-0.39, 0.29) is 12.1 Å². The summed E-state index contributed by atoms with van der Waals surface area (Å²) in [5, 5.41) is 0. The molecule has 1 aliphatic rings. The van der Waals surface area contributed by atoms with Gasteiger partial charge in [0.1, 0.15) is 5.60 Å². The maximum absolute atomic E-state index is 12.2. The monoisotopic (exact) mass is 412 g/mol. The van der Waals surface area contributed by atoms with Crippen LogP contribution in [0.2, 0.25) is 0 Å². The van der Waals surface area contributed by atoms with Gasteiger partial charge in [-0.2, -0.15) is 0 Å². The minimum atomic E-state index is -0.452. The van der Waals surface area contributed by atoms with Gasteiger partial charge in [0.25, 0.3) is 0 Å². The Hall–Kier alpha value is -1.11. The van der Waals surface area contributed by atoms with Crippen molar-refractivity contribution in [3.8, 4) is 0 Å². The van der Waals surface area contributed by atoms with Crippen LogP contribution in [0, 0.1) is 0 Å². The highest BCUT2D eigenvalue weighted by molar-refractivity contribution is 9.10. The Morgan fingerprint density at radius 2 is 2.04 bits per heavy atom. The van der Waals surface area contributed by atoms with Gasteiger partial charge in [0.15, 0.2) is 0 Å². The highest BCUT2D eigenvalue weighted by Crippen LogP contribution is 2.22. The lowest BCUT2D eigenvalue weighted by Crippen LogP contribution is -2.54. The third-order valence-corrected chi connectivity index (χ3v) is 4.99. The van der Waals surface area contributed by atoms with Gasteiger partial charge in [-0.3, -0.25) is 4.90 Å². The van der Waals surface area contributed by atoms with Crippen molar-refractivity contribution in [3.05, 3.63) is 33.8 Å². The molecule has 1 aliphatic heterocycles. The van der Waals surface area contributed by atoms with Gasteiger partial charge < -0.3 is 14.4 Å². The van der Waals surface area contributed by atoms with E-state index >= 15 is 0 Å². The second-order valence-corrected chi connectivity index (χ2v) is 8.46. The molecule has 140 valence electrons. The molecule has 0 spiro atoms. The van der Waals surface area contributed by atoms with E-state index < -0.39 is 5.60 Å². The molecule has 1 saturated heterocycles. The maximum Gasteiger partial charge on any atom is 0.410 e. The predicted molar refractivity (Wildman–Crippen MR) is 103 cm³/mol. The van der Waals surface area contributed by atoms with Crippen molar-refractivity contribution >= 4 is 22.0 Å². The minimum absolute atomic E-state index is 0.218. The topological polar surface area (TPSA) is 42.0 Å². The molecule has 1 amide bonds. The summed E-state index contributed by atoms with van der Waals surface area (Å²) >= 11 is 3.56. The number of carbonyl (C=O) groups is 1. The van der Waals surface area contributed by atoms with Gasteiger partial charge in [0.2, 0.25) is 0 Å². The summed E-state index contributed by atoms with van der Waals surface area (Å²) in [4.78, 5) is 16.5. The molecule has 0 radical (unpaired) electrons. The summed E-state index contributed by atoms with van der Waals surface area (Å²) in [6.45, 7) is 11.5. The molecule has 6 heteroatoms. The van der Waals surface area contributed by atoms with Crippen LogP contribution in [0.5, 0.6) is 0 Å². The standard InChI is InChI=1S/C19H29BrN2O3/c1-14-11-22(18(23)25-19(2,3)4)9-8-21(14)12-15-6-7-17(20)16(10-15)13-24-5/h6-7,10,14H,8-9,11-13H2,1-5H3/t14-/m0/s1. The van der Waals surface area contributed by atoms with Crippen molar-refractivity contribution in [1.82, 2.24) is 9.80 Å². The van der Waals surface area contributed by atoms with Crippen LogP contribution in [-0.2, 0) is 22.6 Å². The summed E-state index contributed by atoms with van der Waals surface area (Å²) in [6, 6.07) is 6.68. The van der Waals surface area contributed by atoms with E-state index in [1.807, 2.05) is 25.7 Å². The third-order valence-electron chi connectivity index (χ3n) is 4.21. The number of carbonyl (C=O) groups excluding carboxylic acids is 1. The number of hydrogen-bond acceptors (Lipinski definition) is 4. The van der Waals surface area contributed by atoms with Gasteiger partial charge in [-0.05, 0) is 44.9 Å². The molecule has 1 aromatic rings. The Bertz CT molecular complexity index is 601. The molecule has 0 aliphatic carbocycles. The van der Waals surface area contributed by atoms with Gasteiger partial charge >= 0.3 is 6.09 Å². The zero-order valence-corrected chi connectivity index (χ0v) is 17.4. The molecule has 5 nitrogen and oxygen atoms in total. The average Bonchev–Trinajstić information content (AvgIpc) is 2.51. The molecule has 25 heavy (non-hydrogen) atoms. The first-order valence-corrected chi connectivity index (χ1v) is 9.47. The summed E-state index contributed by atoms with van der Waals surface area (Å²) in [7, 11) is 1.71. The van der Waals surface area contributed by atoms with Gasteiger partial charge in [-0.15, -0.1) is 0 Å². The molecule has 2 rings (SSSR count). The van der Waals surface area contributed by atoms with Crippen LogP contribution in [0.4, 0.5) is 4.79 Å². The average molecular weight is 413 g/mol. The van der Waals surface area contributed by atoms with E-state index in [1.54, 1.807) is 7.11 Å². The number of hydrogen-bond donors (Lipinski definition) is 0.